The van der Waals surface area contributed by atoms with E-state index in [-0.39, 0.29) is 0 Å². The number of benzene rings is 1. The second kappa shape index (κ2) is 5.47. The van der Waals surface area contributed by atoms with Gasteiger partial charge in [0.25, 0.3) is 0 Å². The highest BCUT2D eigenvalue weighted by atomic mass is 15.3. The zero-order valence-corrected chi connectivity index (χ0v) is 11.4. The van der Waals surface area contributed by atoms with Gasteiger partial charge in [0, 0.05) is 24.1 Å². The fourth-order valence-corrected chi connectivity index (χ4v) is 2.93. The topological polar surface area (TPSA) is 29.9 Å². The van der Waals surface area contributed by atoms with Gasteiger partial charge in [-0.3, -0.25) is 4.68 Å². The lowest BCUT2D eigenvalue weighted by atomic mass is 10.1. The first-order valence-corrected chi connectivity index (χ1v) is 7.15. The molecule has 0 aliphatic heterocycles. The number of hydrogen-bond donors (Lipinski definition) is 1. The van der Waals surface area contributed by atoms with Crippen molar-refractivity contribution < 1.29 is 0 Å². The molecule has 1 heterocycles. The van der Waals surface area contributed by atoms with Gasteiger partial charge in [-0.25, -0.2) is 0 Å². The van der Waals surface area contributed by atoms with Gasteiger partial charge in [0.15, 0.2) is 0 Å². The maximum Gasteiger partial charge on any atom is 0.0679 e. The Morgan fingerprint density at radius 3 is 2.89 bits per heavy atom. The van der Waals surface area contributed by atoms with Crippen molar-refractivity contribution in [2.45, 2.75) is 38.8 Å². The number of nitrogens with zero attached hydrogens (tertiary/aromatic N) is 2. The number of rotatable bonds is 4. The molecule has 100 valence electrons. The van der Waals surface area contributed by atoms with E-state index in [4.69, 9.17) is 0 Å². The fraction of sp³-hybridized carbons (Fsp3) is 0.438. The number of nitrogens with one attached hydrogen (secondary N) is 1. The van der Waals surface area contributed by atoms with E-state index in [2.05, 4.69) is 41.6 Å². The van der Waals surface area contributed by atoms with Crippen LogP contribution in [-0.2, 0) is 6.54 Å². The van der Waals surface area contributed by atoms with Gasteiger partial charge in [-0.2, -0.15) is 5.10 Å². The van der Waals surface area contributed by atoms with Crippen LogP contribution in [0.4, 0.5) is 5.69 Å². The second-order valence-electron chi connectivity index (χ2n) is 5.52. The molecule has 3 heteroatoms. The molecule has 1 aromatic heterocycles. The summed E-state index contributed by atoms with van der Waals surface area (Å²) in [6.07, 6.45) is 7.82. The van der Waals surface area contributed by atoms with Crippen LogP contribution in [0.25, 0.3) is 0 Å². The predicted molar refractivity (Wildman–Crippen MR) is 78.2 cm³/mol. The maximum absolute atomic E-state index is 4.29. The Kier molecular flexibility index (Phi) is 3.53. The van der Waals surface area contributed by atoms with Crippen molar-refractivity contribution in [3.63, 3.8) is 0 Å². The molecule has 1 fully saturated rings. The summed E-state index contributed by atoms with van der Waals surface area (Å²) in [4.78, 5) is 0. The van der Waals surface area contributed by atoms with Gasteiger partial charge < -0.3 is 5.32 Å². The Hall–Kier alpha value is -1.77. The zero-order valence-electron chi connectivity index (χ0n) is 11.4. The summed E-state index contributed by atoms with van der Waals surface area (Å²) in [6.45, 7) is 3.18. The van der Waals surface area contributed by atoms with E-state index in [0.29, 0.717) is 6.04 Å². The van der Waals surface area contributed by atoms with Crippen LogP contribution in [0.2, 0.25) is 0 Å². The molecule has 1 aliphatic rings. The average molecular weight is 255 g/mol. The second-order valence-corrected chi connectivity index (χ2v) is 5.52. The highest BCUT2D eigenvalue weighted by molar-refractivity contribution is 5.52. The van der Waals surface area contributed by atoms with Gasteiger partial charge in [0.2, 0.25) is 0 Å². The molecule has 2 aromatic rings. The number of anilines is 1. The fourth-order valence-electron chi connectivity index (χ4n) is 2.93. The van der Waals surface area contributed by atoms with Crippen LogP contribution in [-0.4, -0.2) is 15.8 Å². The van der Waals surface area contributed by atoms with Crippen LogP contribution >= 0.6 is 0 Å². The van der Waals surface area contributed by atoms with Crippen molar-refractivity contribution in [3.05, 3.63) is 48.3 Å². The molecule has 1 aromatic carbocycles. The lowest BCUT2D eigenvalue weighted by Gasteiger charge is -2.21. The smallest absolute Gasteiger partial charge is 0.0679 e. The van der Waals surface area contributed by atoms with Gasteiger partial charge in [0.05, 0.1) is 6.54 Å². The van der Waals surface area contributed by atoms with Crippen LogP contribution < -0.4 is 5.32 Å². The molecule has 0 radical (unpaired) electrons. The van der Waals surface area contributed by atoms with Crippen molar-refractivity contribution in [2.75, 3.05) is 5.32 Å². The van der Waals surface area contributed by atoms with Crippen molar-refractivity contribution in [3.8, 4) is 0 Å². The molecule has 1 N–H and O–H groups in total. The highest BCUT2D eigenvalue weighted by Crippen LogP contribution is 2.29. The SMILES string of the molecule is CC1CCCC1Nc1ccccc1Cn1cccn1. The normalized spacial score (nSPS) is 22.6. The van der Waals surface area contributed by atoms with Crippen LogP contribution in [0.5, 0.6) is 0 Å². The minimum Gasteiger partial charge on any atom is -0.382 e. The first kappa shape index (κ1) is 12.3. The standard InChI is InChI=1S/C16H21N3/c1-13-6-4-9-15(13)18-16-8-3-2-7-14(16)12-19-11-5-10-17-19/h2-3,5,7-8,10-11,13,15,18H,4,6,9,12H2,1H3. The molecule has 1 aliphatic carbocycles. The van der Waals surface area contributed by atoms with Gasteiger partial charge in [0.1, 0.15) is 0 Å². The Balaban J connectivity index is 1.77. The molecular formula is C16H21N3. The van der Waals surface area contributed by atoms with E-state index in [9.17, 15) is 0 Å². The van der Waals surface area contributed by atoms with E-state index < -0.39 is 0 Å². The molecule has 0 saturated heterocycles. The summed E-state index contributed by atoms with van der Waals surface area (Å²) < 4.78 is 1.97. The Morgan fingerprint density at radius 2 is 2.16 bits per heavy atom. The van der Waals surface area contributed by atoms with E-state index in [1.165, 1.54) is 30.5 Å². The van der Waals surface area contributed by atoms with E-state index in [1.54, 1.807) is 0 Å². The largest absolute Gasteiger partial charge is 0.382 e. The Labute approximate surface area is 114 Å². The Morgan fingerprint density at radius 1 is 1.26 bits per heavy atom. The van der Waals surface area contributed by atoms with Gasteiger partial charge in [-0.1, -0.05) is 31.5 Å². The zero-order chi connectivity index (χ0) is 13.1. The number of hydrogen-bond acceptors (Lipinski definition) is 2. The van der Waals surface area contributed by atoms with Crippen LogP contribution in [0.15, 0.2) is 42.7 Å². The summed E-state index contributed by atoms with van der Waals surface area (Å²) in [5.74, 6) is 0.776. The van der Waals surface area contributed by atoms with Crippen molar-refractivity contribution >= 4 is 5.69 Å². The number of aromatic nitrogens is 2. The minimum absolute atomic E-state index is 0.624. The van der Waals surface area contributed by atoms with Gasteiger partial charge in [-0.15, -0.1) is 0 Å². The van der Waals surface area contributed by atoms with Crippen molar-refractivity contribution in [1.29, 1.82) is 0 Å². The highest BCUT2D eigenvalue weighted by Gasteiger charge is 2.23. The van der Waals surface area contributed by atoms with Crippen molar-refractivity contribution in [2.24, 2.45) is 5.92 Å². The molecular weight excluding hydrogens is 234 g/mol. The summed E-state index contributed by atoms with van der Waals surface area (Å²) in [7, 11) is 0. The lowest BCUT2D eigenvalue weighted by Crippen LogP contribution is -2.22. The van der Waals surface area contributed by atoms with Crippen LogP contribution in [0.3, 0.4) is 0 Å². The molecule has 2 atom stereocenters. The average Bonchev–Trinajstić information content (AvgIpc) is 3.05. The van der Waals surface area contributed by atoms with E-state index in [1.807, 2.05) is 23.1 Å². The van der Waals surface area contributed by atoms with Gasteiger partial charge in [-0.05, 0) is 36.5 Å². The summed E-state index contributed by atoms with van der Waals surface area (Å²) in [5, 5.41) is 8.02. The van der Waals surface area contributed by atoms with Crippen LogP contribution in [0.1, 0.15) is 31.7 Å². The van der Waals surface area contributed by atoms with E-state index in [0.717, 1.165) is 12.5 Å². The molecule has 0 amide bonds. The Bertz CT molecular complexity index is 519. The monoisotopic (exact) mass is 255 g/mol. The maximum atomic E-state index is 4.29. The predicted octanol–water partition coefficient (Wildman–Crippen LogP) is 3.53. The minimum atomic E-state index is 0.624. The number of para-hydroxylation sites is 1. The van der Waals surface area contributed by atoms with Crippen molar-refractivity contribution in [1.82, 2.24) is 9.78 Å². The third-order valence-electron chi connectivity index (χ3n) is 4.11. The first-order chi connectivity index (χ1) is 9.33. The van der Waals surface area contributed by atoms with Gasteiger partial charge >= 0.3 is 0 Å². The van der Waals surface area contributed by atoms with Crippen LogP contribution in [0, 0.1) is 5.92 Å². The molecule has 3 rings (SSSR count). The first-order valence-electron chi connectivity index (χ1n) is 7.15. The summed E-state index contributed by atoms with van der Waals surface area (Å²) in [5.41, 5.74) is 2.57. The molecule has 0 spiro atoms. The molecule has 2 unspecified atom stereocenters. The summed E-state index contributed by atoms with van der Waals surface area (Å²) in [6, 6.07) is 11.2. The molecule has 1 saturated carbocycles. The van der Waals surface area contributed by atoms with E-state index >= 15 is 0 Å². The summed E-state index contributed by atoms with van der Waals surface area (Å²) >= 11 is 0. The quantitative estimate of drug-likeness (QED) is 0.905. The molecule has 19 heavy (non-hydrogen) atoms. The molecule has 3 nitrogen and oxygen atoms in total. The molecule has 0 bridgehead atoms. The third-order valence-corrected chi connectivity index (χ3v) is 4.11. The third kappa shape index (κ3) is 2.80. The lowest BCUT2D eigenvalue weighted by molar-refractivity contribution is 0.555.